The van der Waals surface area contributed by atoms with E-state index in [9.17, 15) is 9.90 Å². The Morgan fingerprint density at radius 2 is 1.62 bits per heavy atom. The van der Waals surface area contributed by atoms with Crippen molar-refractivity contribution >= 4 is 23.1 Å². The third kappa shape index (κ3) is 5.46. The number of rotatable bonds is 10. The SMILES string of the molecule is CN(CCOc1ccc(CC(Cc2ccccc2)C(=O)O)cc1)c1nc2ccccc2o1. The number of ether oxygens (including phenoxy) is 1. The maximum absolute atomic E-state index is 11.7. The molecule has 164 valence electrons. The van der Waals surface area contributed by atoms with E-state index in [-0.39, 0.29) is 0 Å². The predicted octanol–water partition coefficient (Wildman–Crippen LogP) is 4.83. The van der Waals surface area contributed by atoms with E-state index >= 15 is 0 Å². The fourth-order valence-electron chi connectivity index (χ4n) is 3.57. The van der Waals surface area contributed by atoms with Gasteiger partial charge in [0.25, 0.3) is 6.01 Å². The lowest BCUT2D eigenvalue weighted by molar-refractivity contribution is -0.141. The number of anilines is 1. The van der Waals surface area contributed by atoms with Gasteiger partial charge < -0.3 is 19.2 Å². The average Bonchev–Trinajstić information content (AvgIpc) is 3.25. The third-order valence-electron chi connectivity index (χ3n) is 5.38. The highest BCUT2D eigenvalue weighted by Crippen LogP contribution is 2.21. The largest absolute Gasteiger partial charge is 0.492 e. The van der Waals surface area contributed by atoms with Crippen LogP contribution in [0.2, 0.25) is 0 Å². The molecule has 0 aliphatic rings. The van der Waals surface area contributed by atoms with E-state index in [0.717, 1.165) is 28.0 Å². The Labute approximate surface area is 187 Å². The zero-order valence-corrected chi connectivity index (χ0v) is 18.0. The molecule has 0 amide bonds. The number of carboxylic acids is 1. The van der Waals surface area contributed by atoms with E-state index in [1.54, 1.807) is 0 Å². The van der Waals surface area contributed by atoms with Crippen molar-refractivity contribution < 1.29 is 19.1 Å². The van der Waals surface area contributed by atoms with Gasteiger partial charge in [0.1, 0.15) is 17.9 Å². The van der Waals surface area contributed by atoms with Crippen molar-refractivity contribution in [2.45, 2.75) is 12.8 Å². The summed E-state index contributed by atoms with van der Waals surface area (Å²) >= 11 is 0. The maximum Gasteiger partial charge on any atom is 0.307 e. The van der Waals surface area contributed by atoms with E-state index in [0.29, 0.717) is 32.0 Å². The summed E-state index contributed by atoms with van der Waals surface area (Å²) in [6, 6.07) is 25.6. The number of fused-ring (bicyclic) bond motifs is 1. The molecule has 1 aromatic heterocycles. The summed E-state index contributed by atoms with van der Waals surface area (Å²) in [5, 5.41) is 9.62. The highest BCUT2D eigenvalue weighted by molar-refractivity contribution is 5.74. The van der Waals surface area contributed by atoms with Crippen LogP contribution in [0.5, 0.6) is 5.75 Å². The molecule has 4 aromatic rings. The second-order valence-corrected chi connectivity index (χ2v) is 7.81. The lowest BCUT2D eigenvalue weighted by atomic mass is 9.92. The van der Waals surface area contributed by atoms with Crippen LogP contribution in [0.3, 0.4) is 0 Å². The third-order valence-corrected chi connectivity index (χ3v) is 5.38. The van der Waals surface area contributed by atoms with Gasteiger partial charge in [-0.25, -0.2) is 0 Å². The van der Waals surface area contributed by atoms with Crippen LogP contribution in [0, 0.1) is 5.92 Å². The fourth-order valence-corrected chi connectivity index (χ4v) is 3.57. The molecule has 0 spiro atoms. The van der Waals surface area contributed by atoms with Crippen molar-refractivity contribution in [3.05, 3.63) is 90.0 Å². The Bertz CT molecular complexity index is 1120. The quantitative estimate of drug-likeness (QED) is 0.388. The molecule has 0 fully saturated rings. The van der Waals surface area contributed by atoms with Crippen LogP contribution >= 0.6 is 0 Å². The molecule has 6 heteroatoms. The highest BCUT2D eigenvalue weighted by atomic mass is 16.5. The van der Waals surface area contributed by atoms with Gasteiger partial charge in [-0.2, -0.15) is 4.98 Å². The van der Waals surface area contributed by atoms with Crippen LogP contribution in [0.4, 0.5) is 6.01 Å². The highest BCUT2D eigenvalue weighted by Gasteiger charge is 2.18. The number of carbonyl (C=O) groups is 1. The fraction of sp³-hybridized carbons (Fsp3) is 0.231. The van der Waals surface area contributed by atoms with Crippen molar-refractivity contribution in [3.8, 4) is 5.75 Å². The van der Waals surface area contributed by atoms with E-state index in [1.165, 1.54) is 0 Å². The van der Waals surface area contributed by atoms with Gasteiger partial charge in [-0.3, -0.25) is 4.79 Å². The molecule has 0 bridgehead atoms. The van der Waals surface area contributed by atoms with Gasteiger partial charge in [0, 0.05) is 7.05 Å². The van der Waals surface area contributed by atoms with Gasteiger partial charge in [-0.1, -0.05) is 54.6 Å². The van der Waals surface area contributed by atoms with Crippen LogP contribution in [0.15, 0.2) is 83.3 Å². The molecule has 4 rings (SSSR count). The number of hydrogen-bond donors (Lipinski definition) is 1. The number of benzene rings is 3. The number of aromatic nitrogens is 1. The molecule has 0 saturated carbocycles. The molecule has 1 heterocycles. The molecule has 0 aliphatic heterocycles. The van der Waals surface area contributed by atoms with E-state index in [4.69, 9.17) is 9.15 Å². The van der Waals surface area contributed by atoms with Gasteiger partial charge in [0.15, 0.2) is 5.58 Å². The first-order valence-corrected chi connectivity index (χ1v) is 10.6. The van der Waals surface area contributed by atoms with E-state index < -0.39 is 11.9 Å². The van der Waals surface area contributed by atoms with Crippen molar-refractivity contribution in [2.75, 3.05) is 25.1 Å². The lowest BCUT2D eigenvalue weighted by Crippen LogP contribution is -2.24. The van der Waals surface area contributed by atoms with Crippen LogP contribution in [-0.4, -0.2) is 36.3 Å². The van der Waals surface area contributed by atoms with Crippen LogP contribution < -0.4 is 9.64 Å². The Morgan fingerprint density at radius 1 is 0.969 bits per heavy atom. The van der Waals surface area contributed by atoms with Gasteiger partial charge >= 0.3 is 5.97 Å². The van der Waals surface area contributed by atoms with E-state index in [1.807, 2.05) is 90.8 Å². The molecule has 3 aromatic carbocycles. The zero-order chi connectivity index (χ0) is 22.3. The number of nitrogens with zero attached hydrogens (tertiary/aromatic N) is 2. The lowest BCUT2D eigenvalue weighted by Gasteiger charge is -2.15. The number of hydrogen-bond acceptors (Lipinski definition) is 5. The average molecular weight is 431 g/mol. The molecule has 1 atom stereocenters. The van der Waals surface area contributed by atoms with Crippen molar-refractivity contribution in [1.29, 1.82) is 0 Å². The standard InChI is InChI=1S/C26H26N2O4/c1-28(26-27-23-9-5-6-10-24(23)32-26)15-16-31-22-13-11-20(12-14-22)18-21(25(29)30)17-19-7-3-2-4-8-19/h2-14,21H,15-18H2,1H3,(H,29,30). The number of likely N-dealkylation sites (N-methyl/N-ethyl adjacent to an activating group) is 1. The zero-order valence-electron chi connectivity index (χ0n) is 18.0. The summed E-state index contributed by atoms with van der Waals surface area (Å²) in [7, 11) is 1.91. The Morgan fingerprint density at radius 3 is 2.31 bits per heavy atom. The smallest absolute Gasteiger partial charge is 0.307 e. The maximum atomic E-state index is 11.7. The van der Waals surface area contributed by atoms with Gasteiger partial charge in [0.05, 0.1) is 12.5 Å². The summed E-state index contributed by atoms with van der Waals surface area (Å²) in [6.07, 6.45) is 0.988. The molecule has 0 radical (unpaired) electrons. The number of aliphatic carboxylic acids is 1. The second-order valence-electron chi connectivity index (χ2n) is 7.81. The monoisotopic (exact) mass is 430 g/mol. The number of carboxylic acid groups (broad SMARTS) is 1. The van der Waals surface area contributed by atoms with Crippen molar-refractivity contribution in [3.63, 3.8) is 0 Å². The molecule has 1 unspecified atom stereocenters. The second kappa shape index (κ2) is 10.0. The minimum Gasteiger partial charge on any atom is -0.492 e. The summed E-state index contributed by atoms with van der Waals surface area (Å²) < 4.78 is 11.6. The first kappa shape index (κ1) is 21.4. The number of oxazole rings is 1. The number of para-hydroxylation sites is 2. The minimum absolute atomic E-state index is 0.464. The summed E-state index contributed by atoms with van der Waals surface area (Å²) in [5.74, 6) is -0.500. The molecule has 1 N–H and O–H groups in total. The summed E-state index contributed by atoms with van der Waals surface area (Å²) in [4.78, 5) is 18.1. The normalized spacial score (nSPS) is 11.9. The summed E-state index contributed by atoms with van der Waals surface area (Å²) in [6.45, 7) is 1.09. The molecule has 6 nitrogen and oxygen atoms in total. The van der Waals surface area contributed by atoms with Crippen molar-refractivity contribution in [1.82, 2.24) is 4.98 Å². The Balaban J connectivity index is 1.28. The first-order valence-electron chi connectivity index (χ1n) is 10.6. The molecular formula is C26H26N2O4. The molecule has 32 heavy (non-hydrogen) atoms. The van der Waals surface area contributed by atoms with Crippen LogP contribution in [0.25, 0.3) is 11.1 Å². The Kier molecular flexibility index (Phi) is 6.70. The summed E-state index contributed by atoms with van der Waals surface area (Å²) in [5.41, 5.74) is 3.60. The van der Waals surface area contributed by atoms with Gasteiger partial charge in [-0.15, -0.1) is 0 Å². The van der Waals surface area contributed by atoms with Gasteiger partial charge in [-0.05, 0) is 48.2 Å². The molecular weight excluding hydrogens is 404 g/mol. The Hall–Kier alpha value is -3.80. The predicted molar refractivity (Wildman–Crippen MR) is 124 cm³/mol. The minimum atomic E-state index is -0.781. The van der Waals surface area contributed by atoms with Gasteiger partial charge in [0.2, 0.25) is 0 Å². The van der Waals surface area contributed by atoms with E-state index in [2.05, 4.69) is 4.98 Å². The topological polar surface area (TPSA) is 75.8 Å². The van der Waals surface area contributed by atoms with Crippen LogP contribution in [0.1, 0.15) is 11.1 Å². The van der Waals surface area contributed by atoms with Crippen molar-refractivity contribution in [2.24, 2.45) is 5.92 Å². The molecule has 0 saturated heterocycles. The first-order chi connectivity index (χ1) is 15.6. The molecule has 0 aliphatic carbocycles. The van der Waals surface area contributed by atoms with Crippen LogP contribution in [-0.2, 0) is 17.6 Å².